The first-order valence-corrected chi connectivity index (χ1v) is 13.3. The molecule has 2 aromatic heterocycles. The minimum absolute atomic E-state index is 0.0366. The van der Waals surface area contributed by atoms with E-state index in [-0.39, 0.29) is 17.2 Å². The highest BCUT2D eigenvalue weighted by Gasteiger charge is 2.49. The number of hydrogen-bond acceptors (Lipinski definition) is 7. The second-order valence-corrected chi connectivity index (χ2v) is 12.3. The molecule has 10 heteroatoms. The van der Waals surface area contributed by atoms with Crippen LogP contribution in [0.2, 0.25) is 0 Å². The first-order valence-electron chi connectivity index (χ1n) is 12.4. The van der Waals surface area contributed by atoms with E-state index in [1.807, 2.05) is 0 Å². The number of aliphatic carboxylic acids is 1. The van der Waals surface area contributed by atoms with Gasteiger partial charge in [-0.3, -0.25) is 9.69 Å². The van der Waals surface area contributed by atoms with Crippen molar-refractivity contribution >= 4 is 17.3 Å². The first-order chi connectivity index (χ1) is 17.1. The summed E-state index contributed by atoms with van der Waals surface area (Å²) in [6, 6.07) is 3.32. The predicted octanol–water partition coefficient (Wildman–Crippen LogP) is 5.56. The Morgan fingerprint density at radius 1 is 1.33 bits per heavy atom. The third-order valence-corrected chi connectivity index (χ3v) is 8.49. The molecule has 0 spiro atoms. The van der Waals surface area contributed by atoms with Crippen LogP contribution in [0.5, 0.6) is 5.88 Å². The number of nitrogens with zero attached hydrogens (tertiary/aromatic N) is 3. The number of likely N-dealkylation sites (tertiary alicyclic amines) is 1. The number of thiazole rings is 1. The number of alkyl halides is 2. The molecule has 36 heavy (non-hydrogen) atoms. The summed E-state index contributed by atoms with van der Waals surface area (Å²) in [5.41, 5.74) is -0.432. The van der Waals surface area contributed by atoms with E-state index in [4.69, 9.17) is 4.74 Å². The molecule has 2 atom stereocenters. The van der Waals surface area contributed by atoms with Crippen LogP contribution in [0.25, 0.3) is 10.6 Å². The molecule has 7 nitrogen and oxygen atoms in total. The van der Waals surface area contributed by atoms with Crippen molar-refractivity contribution in [3.8, 4) is 16.5 Å². The van der Waals surface area contributed by atoms with Crippen LogP contribution < -0.4 is 4.74 Å². The van der Waals surface area contributed by atoms with Crippen molar-refractivity contribution in [2.75, 3.05) is 26.3 Å². The van der Waals surface area contributed by atoms with Gasteiger partial charge < -0.3 is 14.6 Å². The Labute approximate surface area is 214 Å². The van der Waals surface area contributed by atoms with Gasteiger partial charge in [-0.1, -0.05) is 20.8 Å². The van der Waals surface area contributed by atoms with Crippen molar-refractivity contribution in [3.05, 3.63) is 29.4 Å². The van der Waals surface area contributed by atoms with Gasteiger partial charge in [-0.25, -0.2) is 9.97 Å². The van der Waals surface area contributed by atoms with Gasteiger partial charge in [0.1, 0.15) is 5.01 Å². The standard InChI is InChI=1S/C26H35F2N3O4S/c1-25(2,3)18-12-26(23(32)33,11-17-6-9-34-10-7-17)16-31(14-18)15-19-13-30-22(36-19)20-5-4-8-29-21(20)35-24(27)28/h4-5,8,13,17-18,24H,6-7,9-12,14-16H2,1-3H3,(H,32,33)/t18?,26-/m1/s1. The van der Waals surface area contributed by atoms with Crippen LogP contribution in [0.4, 0.5) is 8.78 Å². The lowest BCUT2D eigenvalue weighted by molar-refractivity contribution is -0.158. The second kappa shape index (κ2) is 11.1. The van der Waals surface area contributed by atoms with Crippen molar-refractivity contribution in [3.63, 3.8) is 0 Å². The summed E-state index contributed by atoms with van der Waals surface area (Å²) in [7, 11) is 0. The molecule has 1 N–H and O–H groups in total. The Morgan fingerprint density at radius 3 is 2.75 bits per heavy atom. The normalized spacial score (nSPS) is 24.2. The summed E-state index contributed by atoms with van der Waals surface area (Å²) in [6.07, 6.45) is 6.27. The molecule has 1 unspecified atom stereocenters. The van der Waals surface area contributed by atoms with Gasteiger partial charge in [0.05, 0.1) is 11.0 Å². The maximum Gasteiger partial charge on any atom is 0.388 e. The van der Waals surface area contributed by atoms with E-state index in [0.29, 0.717) is 55.6 Å². The molecule has 0 bridgehead atoms. The number of carboxylic acid groups (broad SMARTS) is 1. The van der Waals surface area contributed by atoms with Crippen molar-refractivity contribution in [2.24, 2.45) is 22.7 Å². The number of hydrogen-bond donors (Lipinski definition) is 1. The van der Waals surface area contributed by atoms with E-state index in [1.165, 1.54) is 17.5 Å². The highest BCUT2D eigenvalue weighted by atomic mass is 32.1. The van der Waals surface area contributed by atoms with Gasteiger partial charge in [-0.15, -0.1) is 11.3 Å². The highest BCUT2D eigenvalue weighted by molar-refractivity contribution is 7.15. The average Bonchev–Trinajstić information content (AvgIpc) is 3.27. The maximum atomic E-state index is 12.8. The van der Waals surface area contributed by atoms with Crippen LogP contribution >= 0.6 is 11.3 Å². The molecule has 2 aliphatic rings. The van der Waals surface area contributed by atoms with E-state index >= 15 is 0 Å². The summed E-state index contributed by atoms with van der Waals surface area (Å²) in [5, 5.41) is 11.0. The zero-order valence-corrected chi connectivity index (χ0v) is 21.9. The molecule has 2 aromatic rings. The SMILES string of the molecule is CC(C)(C)C1CN(Cc2cnc(-c3cccnc3OC(F)F)s2)C[C@](CC2CCOCC2)(C(=O)O)C1. The van der Waals surface area contributed by atoms with Gasteiger partial charge in [0.2, 0.25) is 5.88 Å². The van der Waals surface area contributed by atoms with Crippen LogP contribution in [-0.4, -0.2) is 58.9 Å². The van der Waals surface area contributed by atoms with Crippen LogP contribution in [0, 0.1) is 22.7 Å². The van der Waals surface area contributed by atoms with Crippen LogP contribution in [-0.2, 0) is 16.1 Å². The van der Waals surface area contributed by atoms with Gasteiger partial charge in [-0.2, -0.15) is 8.78 Å². The van der Waals surface area contributed by atoms with E-state index in [2.05, 4.69) is 40.4 Å². The number of ether oxygens (including phenoxy) is 2. The van der Waals surface area contributed by atoms with Crippen molar-refractivity contribution in [2.45, 2.75) is 59.6 Å². The van der Waals surface area contributed by atoms with Gasteiger partial charge in [0.15, 0.2) is 0 Å². The fourth-order valence-corrected chi connectivity index (χ4v) is 6.43. The number of carboxylic acids is 1. The molecule has 0 amide bonds. The molecule has 2 aliphatic heterocycles. The van der Waals surface area contributed by atoms with Gasteiger partial charge >= 0.3 is 12.6 Å². The van der Waals surface area contributed by atoms with E-state index in [0.717, 1.165) is 24.3 Å². The number of rotatable bonds is 8. The lowest BCUT2D eigenvalue weighted by Gasteiger charge is -2.49. The van der Waals surface area contributed by atoms with Crippen LogP contribution in [0.3, 0.4) is 0 Å². The van der Waals surface area contributed by atoms with Crippen molar-refractivity contribution in [1.29, 1.82) is 0 Å². The zero-order valence-electron chi connectivity index (χ0n) is 21.1. The minimum Gasteiger partial charge on any atom is -0.481 e. The Bertz CT molecular complexity index is 1040. The van der Waals surface area contributed by atoms with E-state index in [1.54, 1.807) is 18.3 Å². The van der Waals surface area contributed by atoms with Crippen molar-refractivity contribution in [1.82, 2.24) is 14.9 Å². The first kappa shape index (κ1) is 26.9. The lowest BCUT2D eigenvalue weighted by Crippen LogP contribution is -2.54. The van der Waals surface area contributed by atoms with E-state index < -0.39 is 18.0 Å². The zero-order chi connectivity index (χ0) is 25.9. The molecular weight excluding hydrogens is 488 g/mol. The Morgan fingerprint density at radius 2 is 2.08 bits per heavy atom. The minimum atomic E-state index is -2.97. The number of pyridine rings is 1. The molecule has 0 saturated carbocycles. The van der Waals surface area contributed by atoms with E-state index in [9.17, 15) is 18.7 Å². The molecular formula is C26H35F2N3O4S. The lowest BCUT2D eigenvalue weighted by atomic mass is 9.63. The largest absolute Gasteiger partial charge is 0.481 e. The summed E-state index contributed by atoms with van der Waals surface area (Å²) >= 11 is 1.39. The molecule has 0 aromatic carbocycles. The predicted molar refractivity (Wildman–Crippen MR) is 133 cm³/mol. The Kier molecular flexibility index (Phi) is 8.26. The van der Waals surface area contributed by atoms with Crippen LogP contribution in [0.15, 0.2) is 24.5 Å². The number of piperidine rings is 1. The molecule has 2 fully saturated rings. The molecule has 198 valence electrons. The smallest absolute Gasteiger partial charge is 0.388 e. The number of aromatic nitrogens is 2. The van der Waals surface area contributed by atoms with Gasteiger partial charge in [0, 0.05) is 50.1 Å². The topological polar surface area (TPSA) is 84.8 Å². The number of halogens is 2. The maximum absolute atomic E-state index is 12.8. The molecule has 4 rings (SSSR count). The van der Waals surface area contributed by atoms with Crippen LogP contribution in [0.1, 0.15) is 51.3 Å². The fraction of sp³-hybridized carbons (Fsp3) is 0.654. The Balaban J connectivity index is 1.56. The second-order valence-electron chi connectivity index (χ2n) is 11.1. The average molecular weight is 524 g/mol. The molecule has 0 radical (unpaired) electrons. The third-order valence-electron chi connectivity index (χ3n) is 7.48. The summed E-state index contributed by atoms with van der Waals surface area (Å²) < 4.78 is 35.7. The summed E-state index contributed by atoms with van der Waals surface area (Å²) in [5.74, 6) is -0.300. The highest BCUT2D eigenvalue weighted by Crippen LogP contribution is 2.46. The third kappa shape index (κ3) is 6.39. The molecule has 2 saturated heterocycles. The number of carbonyl (C=O) groups is 1. The Hall–Kier alpha value is -2.17. The molecule has 0 aliphatic carbocycles. The van der Waals surface area contributed by atoms with Crippen molar-refractivity contribution < 1.29 is 28.2 Å². The quantitative estimate of drug-likeness (QED) is 0.485. The van der Waals surface area contributed by atoms with Gasteiger partial charge in [-0.05, 0) is 55.1 Å². The summed E-state index contributed by atoms with van der Waals surface area (Å²) in [4.78, 5) is 24.3. The van der Waals surface area contributed by atoms with Gasteiger partial charge in [0.25, 0.3) is 0 Å². The summed E-state index contributed by atoms with van der Waals surface area (Å²) in [6.45, 7) is 6.79. The molecule has 4 heterocycles. The fourth-order valence-electron chi connectivity index (χ4n) is 5.46. The monoisotopic (exact) mass is 523 g/mol.